The van der Waals surface area contributed by atoms with Gasteiger partial charge in [-0.1, -0.05) is 76.1 Å². The first-order valence-corrected chi connectivity index (χ1v) is 10.2. The number of carbonyl (C=O) groups is 3. The van der Waals surface area contributed by atoms with Crippen LogP contribution < -0.4 is 0 Å². The van der Waals surface area contributed by atoms with E-state index in [1.807, 2.05) is 43.3 Å². The van der Waals surface area contributed by atoms with Crippen molar-refractivity contribution in [1.29, 1.82) is 0 Å². The Morgan fingerprint density at radius 2 is 1.48 bits per heavy atom. The monoisotopic (exact) mass is 462 g/mol. The molecule has 0 saturated heterocycles. The number of aliphatic hydroxyl groups excluding tert-OH is 1. The van der Waals surface area contributed by atoms with Crippen molar-refractivity contribution in [3.05, 3.63) is 79.4 Å². The number of hydrogen-bond donors (Lipinski definition) is 1. The minimum Gasteiger partial charge on any atom is -0.466 e. The maximum atomic E-state index is 10.5. The first-order chi connectivity index (χ1) is 15.6. The quantitative estimate of drug-likeness (QED) is 0.246. The lowest BCUT2D eigenvalue weighted by Crippen LogP contribution is -2.08. The Bertz CT molecular complexity index is 719. The van der Waals surface area contributed by atoms with Crippen LogP contribution in [0.2, 0.25) is 0 Å². The van der Waals surface area contributed by atoms with Crippen LogP contribution >= 0.6 is 0 Å². The van der Waals surface area contributed by atoms with E-state index in [9.17, 15) is 14.4 Å². The summed E-state index contributed by atoms with van der Waals surface area (Å²) in [6, 6.07) is 10.0. The largest absolute Gasteiger partial charge is 0.466 e. The molecular formula is C26H38O7. The Morgan fingerprint density at radius 1 is 0.939 bits per heavy atom. The topological polar surface area (TPSA) is 99.1 Å². The molecule has 0 atom stereocenters. The maximum Gasteiger partial charge on any atom is 0.333 e. The minimum absolute atomic E-state index is 0.0473. The van der Waals surface area contributed by atoms with Crippen molar-refractivity contribution < 1.29 is 33.7 Å². The standard InChI is InChI=1S/C8H8.C7H12O2.C6H10O3.C5H8O2/c1-2-8-6-4-3-5-7-8;1-3-5-6-9-7(8)4-2;1-5(2)6(8)9-4-3-7;1-4(2)5(6)7-3/h2-7H,1H2;4H,2-3,5-6H2,1H3;7H,1,3-4H2,2H3;1H2,2-3H3. The molecule has 1 rings (SSSR count). The summed E-state index contributed by atoms with van der Waals surface area (Å²) < 4.78 is 13.4. The van der Waals surface area contributed by atoms with Crippen LogP contribution in [0.1, 0.15) is 39.2 Å². The van der Waals surface area contributed by atoms with Crippen molar-refractivity contribution >= 4 is 24.0 Å². The minimum atomic E-state index is -0.455. The predicted octanol–water partition coefficient (Wildman–Crippen LogP) is 4.68. The van der Waals surface area contributed by atoms with Crippen LogP contribution in [-0.4, -0.2) is 49.9 Å². The highest BCUT2D eigenvalue weighted by Crippen LogP contribution is 1.97. The normalized spacial score (nSPS) is 8.39. The lowest BCUT2D eigenvalue weighted by molar-refractivity contribution is -0.140. The van der Waals surface area contributed by atoms with Crippen LogP contribution in [0, 0.1) is 0 Å². The molecule has 0 fully saturated rings. The summed E-state index contributed by atoms with van der Waals surface area (Å²) in [7, 11) is 1.33. The summed E-state index contributed by atoms with van der Waals surface area (Å²) in [5, 5.41) is 8.19. The molecule has 0 aliphatic carbocycles. The van der Waals surface area contributed by atoms with Crippen molar-refractivity contribution in [3.63, 3.8) is 0 Å². The molecule has 1 aromatic carbocycles. The molecule has 0 unspecified atom stereocenters. The molecule has 0 heterocycles. The number of hydrogen-bond acceptors (Lipinski definition) is 7. The maximum absolute atomic E-state index is 10.5. The molecular weight excluding hydrogens is 424 g/mol. The van der Waals surface area contributed by atoms with Crippen molar-refractivity contribution in [1.82, 2.24) is 0 Å². The van der Waals surface area contributed by atoms with E-state index in [2.05, 4.69) is 40.5 Å². The highest BCUT2D eigenvalue weighted by atomic mass is 16.5. The second-order valence-corrected chi connectivity index (χ2v) is 6.25. The number of unbranched alkanes of at least 4 members (excludes halogenated alkanes) is 1. The van der Waals surface area contributed by atoms with Gasteiger partial charge in [-0.25, -0.2) is 14.4 Å². The Hall–Kier alpha value is -3.45. The molecule has 0 aliphatic rings. The van der Waals surface area contributed by atoms with E-state index in [1.165, 1.54) is 18.7 Å². The Labute approximate surface area is 198 Å². The molecule has 33 heavy (non-hydrogen) atoms. The average Bonchev–Trinajstić information content (AvgIpc) is 2.83. The number of methoxy groups -OCH3 is 1. The first kappa shape index (κ1) is 34.2. The third-order valence-electron chi connectivity index (χ3n) is 3.15. The second kappa shape index (κ2) is 24.8. The van der Waals surface area contributed by atoms with E-state index in [4.69, 9.17) is 5.11 Å². The smallest absolute Gasteiger partial charge is 0.333 e. The summed E-state index contributed by atoms with van der Waals surface area (Å²) >= 11 is 0. The van der Waals surface area contributed by atoms with E-state index in [-0.39, 0.29) is 25.2 Å². The van der Waals surface area contributed by atoms with E-state index in [0.717, 1.165) is 12.8 Å². The number of esters is 3. The molecule has 0 radical (unpaired) electrons. The van der Waals surface area contributed by atoms with Gasteiger partial charge < -0.3 is 19.3 Å². The van der Waals surface area contributed by atoms with Crippen molar-refractivity contribution in [2.45, 2.75) is 33.6 Å². The summed E-state index contributed by atoms with van der Waals surface area (Å²) in [5.41, 5.74) is 1.96. The summed E-state index contributed by atoms with van der Waals surface area (Å²) in [6.07, 6.45) is 4.99. The summed E-state index contributed by atoms with van der Waals surface area (Å²) in [5.74, 6) is -1.13. The molecule has 0 bridgehead atoms. The van der Waals surface area contributed by atoms with Gasteiger partial charge >= 0.3 is 17.9 Å². The fraction of sp³-hybridized carbons (Fsp3) is 0.346. The molecule has 0 saturated carbocycles. The zero-order valence-electron chi connectivity index (χ0n) is 20.3. The molecule has 0 aliphatic heterocycles. The highest BCUT2D eigenvalue weighted by Gasteiger charge is 2.00. The van der Waals surface area contributed by atoms with E-state index in [0.29, 0.717) is 17.8 Å². The Morgan fingerprint density at radius 3 is 1.79 bits per heavy atom. The fourth-order valence-electron chi connectivity index (χ4n) is 1.40. The Kier molecular flexibility index (Phi) is 25.7. The lowest BCUT2D eigenvalue weighted by Gasteiger charge is -1.99. The molecule has 1 N–H and O–H groups in total. The third-order valence-corrected chi connectivity index (χ3v) is 3.15. The van der Waals surface area contributed by atoms with Crippen molar-refractivity contribution in [2.75, 3.05) is 26.9 Å². The first-order valence-electron chi connectivity index (χ1n) is 10.2. The number of aliphatic hydroxyl groups is 1. The van der Waals surface area contributed by atoms with Crippen LogP contribution in [0.3, 0.4) is 0 Å². The van der Waals surface area contributed by atoms with Crippen molar-refractivity contribution in [2.24, 2.45) is 0 Å². The van der Waals surface area contributed by atoms with Gasteiger partial charge in [0.1, 0.15) is 6.61 Å². The van der Waals surface area contributed by atoms with E-state index >= 15 is 0 Å². The van der Waals surface area contributed by atoms with Gasteiger partial charge in [0, 0.05) is 17.2 Å². The zero-order valence-corrected chi connectivity index (χ0v) is 20.3. The predicted molar refractivity (Wildman–Crippen MR) is 132 cm³/mol. The summed E-state index contributed by atoms with van der Waals surface area (Å²) in [6.45, 7) is 19.2. The molecule has 7 nitrogen and oxygen atoms in total. The fourth-order valence-corrected chi connectivity index (χ4v) is 1.40. The molecule has 0 spiro atoms. The van der Waals surface area contributed by atoms with Gasteiger partial charge in [0.25, 0.3) is 0 Å². The molecule has 0 aromatic heterocycles. The van der Waals surface area contributed by atoms with E-state index in [1.54, 1.807) is 13.8 Å². The Balaban J connectivity index is -0.000000365. The highest BCUT2D eigenvalue weighted by molar-refractivity contribution is 5.87. The zero-order chi connectivity index (χ0) is 26.1. The van der Waals surface area contributed by atoms with Gasteiger partial charge in [-0.3, -0.25) is 0 Å². The van der Waals surface area contributed by atoms with Gasteiger partial charge in [-0.15, -0.1) is 0 Å². The van der Waals surface area contributed by atoms with Gasteiger partial charge in [0.2, 0.25) is 0 Å². The second-order valence-electron chi connectivity index (χ2n) is 6.25. The average molecular weight is 463 g/mol. The molecule has 184 valence electrons. The van der Waals surface area contributed by atoms with Crippen molar-refractivity contribution in [3.8, 4) is 0 Å². The van der Waals surface area contributed by atoms with Crippen LogP contribution in [-0.2, 0) is 28.6 Å². The number of benzene rings is 1. The van der Waals surface area contributed by atoms with E-state index < -0.39 is 5.97 Å². The van der Waals surface area contributed by atoms with Crippen LogP contribution in [0.15, 0.2) is 73.9 Å². The van der Waals surface area contributed by atoms with Crippen LogP contribution in [0.5, 0.6) is 0 Å². The SMILES string of the molecule is C=C(C)C(=O)OC.C=C(C)C(=O)OCCO.C=CC(=O)OCCCC.C=Cc1ccccc1. The summed E-state index contributed by atoms with van der Waals surface area (Å²) in [4.78, 5) is 31.0. The van der Waals surface area contributed by atoms with Gasteiger partial charge in [0.05, 0.1) is 20.3 Å². The number of ether oxygens (including phenoxy) is 3. The molecule has 7 heteroatoms. The number of rotatable bonds is 9. The molecule has 0 amide bonds. The van der Waals surface area contributed by atoms with Crippen LogP contribution in [0.25, 0.3) is 6.08 Å². The lowest BCUT2D eigenvalue weighted by atomic mass is 10.2. The molecule has 1 aromatic rings. The third kappa shape index (κ3) is 26.5. The van der Waals surface area contributed by atoms with Gasteiger partial charge in [0.15, 0.2) is 0 Å². The number of carbonyl (C=O) groups excluding carboxylic acids is 3. The van der Waals surface area contributed by atoms with Gasteiger partial charge in [-0.05, 0) is 25.8 Å². The van der Waals surface area contributed by atoms with Crippen LogP contribution in [0.4, 0.5) is 0 Å². The van der Waals surface area contributed by atoms with Gasteiger partial charge in [-0.2, -0.15) is 0 Å².